The van der Waals surface area contributed by atoms with E-state index in [1.807, 2.05) is 24.3 Å². The zero-order chi connectivity index (χ0) is 30.1. The Bertz CT molecular complexity index is 1580. The molecule has 1 unspecified atom stereocenters. The zero-order valence-corrected chi connectivity index (χ0v) is 23.8. The van der Waals surface area contributed by atoms with Crippen LogP contribution in [0, 0.1) is 29.3 Å². The molecule has 222 valence electrons. The molecule has 1 aromatic heterocycles. The minimum atomic E-state index is -4.04. The third-order valence-electron chi connectivity index (χ3n) is 7.82. The van der Waals surface area contributed by atoms with E-state index in [0.717, 1.165) is 11.6 Å². The number of aromatic nitrogens is 1. The number of carbonyl (C=O) groups excluding carboxylic acids is 1. The Hall–Kier alpha value is -3.25. The van der Waals surface area contributed by atoms with Gasteiger partial charge in [0.05, 0.1) is 34.0 Å². The van der Waals surface area contributed by atoms with Gasteiger partial charge in [-0.25, -0.2) is 21.6 Å². The van der Waals surface area contributed by atoms with Crippen LogP contribution in [0.2, 0.25) is 5.02 Å². The average molecular weight is 621 g/mol. The lowest BCUT2D eigenvalue weighted by molar-refractivity contribution is -0.0777. The number of sulfone groups is 1. The van der Waals surface area contributed by atoms with Crippen molar-refractivity contribution in [3.8, 4) is 0 Å². The van der Waals surface area contributed by atoms with Crippen molar-refractivity contribution in [1.82, 2.24) is 4.98 Å². The standard InChI is InChI=1S/C30H28ClF3N2O5S/c31-23-6-5-19(29(37)36-22-13-24(32)27(34)25(33)14-22)12-26(23)42(39,40)28-20-3-4-21(28)16-30(38,15-20)17-41-11-1-2-18-7-9-35-10-8-18/h1-2,5-10,12-14,20-21,28,38H,3-4,11,15-17H2,(H,36,37)/b2-1+/t20-,21?,28+,30+/m0/s1. The Morgan fingerprint density at radius 2 is 1.71 bits per heavy atom. The van der Waals surface area contributed by atoms with Crippen LogP contribution < -0.4 is 5.32 Å². The molecule has 7 nitrogen and oxygen atoms in total. The lowest BCUT2D eigenvalue weighted by Gasteiger charge is -2.40. The van der Waals surface area contributed by atoms with E-state index in [-0.39, 0.29) is 59.1 Å². The van der Waals surface area contributed by atoms with Crippen molar-refractivity contribution in [1.29, 1.82) is 0 Å². The maximum atomic E-state index is 13.9. The maximum absolute atomic E-state index is 13.9. The second kappa shape index (κ2) is 12.2. The smallest absolute Gasteiger partial charge is 0.255 e. The lowest BCUT2D eigenvalue weighted by Crippen LogP contribution is -2.48. The summed E-state index contributed by atoms with van der Waals surface area (Å²) in [7, 11) is -4.04. The number of aliphatic hydroxyl groups is 1. The maximum Gasteiger partial charge on any atom is 0.255 e. The van der Waals surface area contributed by atoms with Gasteiger partial charge in [0.2, 0.25) is 0 Å². The van der Waals surface area contributed by atoms with Crippen LogP contribution in [0.15, 0.2) is 65.8 Å². The van der Waals surface area contributed by atoms with E-state index in [4.69, 9.17) is 16.3 Å². The fourth-order valence-electron chi connectivity index (χ4n) is 6.08. The van der Waals surface area contributed by atoms with Crippen LogP contribution in [0.3, 0.4) is 0 Å². The first-order chi connectivity index (χ1) is 20.0. The summed E-state index contributed by atoms with van der Waals surface area (Å²) in [5.41, 5.74) is -0.658. The number of ether oxygens (including phenoxy) is 1. The molecule has 2 aromatic carbocycles. The van der Waals surface area contributed by atoms with Crippen molar-refractivity contribution in [3.63, 3.8) is 0 Å². The van der Waals surface area contributed by atoms with Crippen LogP contribution in [-0.4, -0.2) is 48.5 Å². The first-order valence-electron chi connectivity index (χ1n) is 13.3. The second-order valence-corrected chi connectivity index (χ2v) is 13.3. The molecule has 5 rings (SSSR count). The van der Waals surface area contributed by atoms with Gasteiger partial charge < -0.3 is 15.2 Å². The number of rotatable bonds is 9. The SMILES string of the molecule is O=C(Nc1cc(F)c(F)c(F)c1)c1ccc(Cl)c(S(=O)(=O)[C@H]2C3CC[C@H]2C[C@](O)(COC/C=C/c2ccncc2)C3)c1. The number of amides is 1. The van der Waals surface area contributed by atoms with Crippen molar-refractivity contribution in [2.24, 2.45) is 11.8 Å². The summed E-state index contributed by atoms with van der Waals surface area (Å²) in [6.45, 7) is 0.345. The fraction of sp³-hybridized carbons (Fsp3) is 0.333. The summed E-state index contributed by atoms with van der Waals surface area (Å²) in [5.74, 6) is -6.17. The van der Waals surface area contributed by atoms with E-state index < -0.39 is 44.0 Å². The molecule has 2 aliphatic rings. The van der Waals surface area contributed by atoms with E-state index in [9.17, 15) is 31.5 Å². The molecule has 0 radical (unpaired) electrons. The van der Waals surface area contributed by atoms with Gasteiger partial charge in [-0.05, 0) is 73.4 Å². The summed E-state index contributed by atoms with van der Waals surface area (Å²) < 4.78 is 73.9. The third-order valence-corrected chi connectivity index (χ3v) is 10.7. The van der Waals surface area contributed by atoms with E-state index in [1.54, 1.807) is 12.4 Å². The Labute approximate surface area is 246 Å². The van der Waals surface area contributed by atoms with Gasteiger partial charge in [0.25, 0.3) is 5.91 Å². The molecule has 0 aliphatic heterocycles. The zero-order valence-electron chi connectivity index (χ0n) is 22.3. The van der Waals surface area contributed by atoms with Gasteiger partial charge in [-0.2, -0.15) is 0 Å². The second-order valence-electron chi connectivity index (χ2n) is 10.8. The Balaban J connectivity index is 1.27. The van der Waals surface area contributed by atoms with E-state index >= 15 is 0 Å². The summed E-state index contributed by atoms with van der Waals surface area (Å²) in [5, 5.41) is 12.6. The van der Waals surface area contributed by atoms with Crippen molar-refractivity contribution < 1.29 is 36.2 Å². The van der Waals surface area contributed by atoms with E-state index in [1.165, 1.54) is 12.1 Å². The van der Waals surface area contributed by atoms with Gasteiger partial charge in [0, 0.05) is 35.8 Å². The summed E-state index contributed by atoms with van der Waals surface area (Å²) in [4.78, 5) is 16.5. The number of halogens is 4. The van der Waals surface area contributed by atoms with Crippen LogP contribution in [0.1, 0.15) is 41.6 Å². The highest BCUT2D eigenvalue weighted by atomic mass is 35.5. The summed E-state index contributed by atoms with van der Waals surface area (Å²) in [6, 6.07) is 8.61. The predicted octanol–water partition coefficient (Wildman–Crippen LogP) is 5.83. The molecule has 0 saturated heterocycles. The van der Waals surface area contributed by atoms with Crippen molar-refractivity contribution in [2.75, 3.05) is 18.5 Å². The Morgan fingerprint density at radius 3 is 2.36 bits per heavy atom. The number of nitrogens with one attached hydrogen (secondary N) is 1. The topological polar surface area (TPSA) is 106 Å². The van der Waals surface area contributed by atoms with Gasteiger partial charge in [0.1, 0.15) is 0 Å². The normalized spacial score (nSPS) is 23.8. The molecule has 2 N–H and O–H groups in total. The number of hydrogen-bond donors (Lipinski definition) is 2. The van der Waals surface area contributed by atoms with Gasteiger partial charge in [-0.15, -0.1) is 0 Å². The first-order valence-corrected chi connectivity index (χ1v) is 15.3. The molecule has 1 heterocycles. The minimum Gasteiger partial charge on any atom is -0.387 e. The molecule has 2 bridgehead atoms. The Kier molecular flexibility index (Phi) is 8.75. The minimum absolute atomic E-state index is 0.0639. The van der Waals surface area contributed by atoms with Crippen LogP contribution in [0.4, 0.5) is 18.9 Å². The number of carbonyl (C=O) groups is 1. The van der Waals surface area contributed by atoms with Gasteiger partial charge in [-0.1, -0.05) is 23.8 Å². The first kappa shape index (κ1) is 30.2. The number of fused-ring (bicyclic) bond motifs is 2. The van der Waals surface area contributed by atoms with E-state index in [2.05, 4.69) is 10.3 Å². The number of pyridine rings is 1. The molecule has 1 amide bonds. The van der Waals surface area contributed by atoms with E-state index in [0.29, 0.717) is 25.0 Å². The molecular formula is C30H28ClF3N2O5S. The number of nitrogens with zero attached hydrogens (tertiary/aromatic N) is 1. The monoisotopic (exact) mass is 620 g/mol. The largest absolute Gasteiger partial charge is 0.387 e. The molecule has 2 aliphatic carbocycles. The van der Waals surface area contributed by atoms with Crippen molar-refractivity contribution in [3.05, 3.63) is 94.5 Å². The molecule has 0 spiro atoms. The highest BCUT2D eigenvalue weighted by molar-refractivity contribution is 7.92. The van der Waals surface area contributed by atoms with Crippen molar-refractivity contribution in [2.45, 2.75) is 41.4 Å². The van der Waals surface area contributed by atoms with Crippen LogP contribution in [0.25, 0.3) is 6.08 Å². The molecular weight excluding hydrogens is 593 g/mol. The predicted molar refractivity (Wildman–Crippen MR) is 151 cm³/mol. The van der Waals surface area contributed by atoms with Crippen molar-refractivity contribution >= 4 is 39.1 Å². The fourth-order valence-corrected chi connectivity index (χ4v) is 8.92. The van der Waals surface area contributed by atoms with Gasteiger partial charge in [0.15, 0.2) is 27.3 Å². The average Bonchev–Trinajstić information content (AvgIpc) is 3.25. The molecule has 3 aromatic rings. The van der Waals surface area contributed by atoms with Gasteiger partial charge >= 0.3 is 0 Å². The molecule has 12 heteroatoms. The summed E-state index contributed by atoms with van der Waals surface area (Å²) >= 11 is 6.31. The van der Waals surface area contributed by atoms with Gasteiger partial charge in [-0.3, -0.25) is 9.78 Å². The lowest BCUT2D eigenvalue weighted by atomic mass is 9.77. The number of hydrogen-bond acceptors (Lipinski definition) is 6. The van der Waals surface area contributed by atoms with Crippen LogP contribution >= 0.6 is 11.6 Å². The molecule has 4 atom stereocenters. The highest BCUT2D eigenvalue weighted by Gasteiger charge is 2.54. The molecule has 2 fully saturated rings. The highest BCUT2D eigenvalue weighted by Crippen LogP contribution is 2.51. The van der Waals surface area contributed by atoms with Crippen LogP contribution in [0.5, 0.6) is 0 Å². The third kappa shape index (κ3) is 6.39. The quantitative estimate of drug-likeness (QED) is 0.230. The Morgan fingerprint density at radius 1 is 1.07 bits per heavy atom. The molecule has 2 saturated carbocycles. The number of anilines is 1. The summed E-state index contributed by atoms with van der Waals surface area (Å²) in [6.07, 6.45) is 8.77. The van der Waals surface area contributed by atoms with Crippen LogP contribution in [-0.2, 0) is 14.6 Å². The molecule has 42 heavy (non-hydrogen) atoms. The number of benzene rings is 2.